The van der Waals surface area contributed by atoms with Crippen molar-refractivity contribution in [3.8, 4) is 0 Å². The second kappa shape index (κ2) is 7.02. The molecule has 1 fully saturated rings. The molecule has 7 nitrogen and oxygen atoms in total. The molecule has 0 saturated carbocycles. The van der Waals surface area contributed by atoms with Crippen molar-refractivity contribution in [1.82, 2.24) is 14.5 Å². The number of aryl methyl sites for hydroxylation is 1. The first-order valence-corrected chi connectivity index (χ1v) is 9.21. The summed E-state index contributed by atoms with van der Waals surface area (Å²) >= 11 is 0. The number of rotatable bonds is 3. The Bertz CT molecular complexity index is 1070. The molecule has 1 saturated heterocycles. The smallest absolute Gasteiger partial charge is 0.386 e. The molecule has 1 aliphatic rings. The molecule has 1 aliphatic heterocycles. The lowest BCUT2D eigenvalue weighted by Crippen LogP contribution is -2.47. The van der Waals surface area contributed by atoms with Gasteiger partial charge in [0.1, 0.15) is 35.9 Å². The summed E-state index contributed by atoms with van der Waals surface area (Å²) < 4.78 is 45.7. The fourth-order valence-electron chi connectivity index (χ4n) is 3.78. The molecule has 0 bridgehead atoms. The summed E-state index contributed by atoms with van der Waals surface area (Å²) in [6.45, 7) is 3.11. The van der Waals surface area contributed by atoms with E-state index in [2.05, 4.69) is 9.97 Å². The number of aliphatic hydroxyl groups excluding tert-OH is 2. The minimum Gasteiger partial charge on any atom is -0.386 e. The average molecular weight is 423 g/mol. The Hall–Kier alpha value is -2.53. The third-order valence-corrected chi connectivity index (χ3v) is 5.58. The minimum atomic E-state index is -4.50. The molecule has 30 heavy (non-hydrogen) atoms. The maximum Gasteiger partial charge on any atom is 0.416 e. The molecule has 0 unspecified atom stereocenters. The summed E-state index contributed by atoms with van der Waals surface area (Å²) in [5.74, 6) is 0. The fraction of sp³-hybridized carbons (Fsp3) is 0.400. The number of fused-ring (bicyclic) bond motifs is 1. The van der Waals surface area contributed by atoms with Gasteiger partial charge in [0.05, 0.1) is 11.3 Å². The van der Waals surface area contributed by atoms with Crippen molar-refractivity contribution in [3.05, 3.63) is 59.7 Å². The lowest BCUT2D eigenvalue weighted by molar-refractivity contribution is -0.137. The predicted molar refractivity (Wildman–Crippen MR) is 99.2 cm³/mol. The Kier molecular flexibility index (Phi) is 4.85. The van der Waals surface area contributed by atoms with Crippen LogP contribution in [0.15, 0.2) is 42.9 Å². The second-order valence-corrected chi connectivity index (χ2v) is 7.60. The molecule has 1 aromatic carbocycles. The highest BCUT2D eigenvalue weighted by molar-refractivity contribution is 5.78. The van der Waals surface area contributed by atoms with Crippen LogP contribution in [-0.4, -0.2) is 47.7 Å². The number of hydrogen-bond donors (Lipinski definition) is 3. The van der Waals surface area contributed by atoms with E-state index < -0.39 is 41.9 Å². The Labute approximate surface area is 169 Å². The monoisotopic (exact) mass is 423 g/mol. The van der Waals surface area contributed by atoms with Crippen LogP contribution in [0, 0.1) is 6.92 Å². The summed E-state index contributed by atoms with van der Waals surface area (Å²) in [6, 6.07) is 5.67. The number of halogens is 3. The van der Waals surface area contributed by atoms with E-state index in [9.17, 15) is 28.5 Å². The van der Waals surface area contributed by atoms with Gasteiger partial charge in [-0.25, -0.2) is 9.97 Å². The number of ether oxygens (including phenoxy) is 1. The van der Waals surface area contributed by atoms with Crippen LogP contribution in [0.4, 0.5) is 13.2 Å². The van der Waals surface area contributed by atoms with Gasteiger partial charge in [0, 0.05) is 11.6 Å². The van der Waals surface area contributed by atoms with Crippen molar-refractivity contribution in [2.24, 2.45) is 0 Å². The van der Waals surface area contributed by atoms with Crippen LogP contribution in [0.2, 0.25) is 0 Å². The molecule has 3 heterocycles. The quantitative estimate of drug-likeness (QED) is 0.599. The highest BCUT2D eigenvalue weighted by Crippen LogP contribution is 2.43. The summed E-state index contributed by atoms with van der Waals surface area (Å²) in [5.41, 5.74) is -1.42. The van der Waals surface area contributed by atoms with Crippen LogP contribution in [-0.2, 0) is 10.9 Å². The van der Waals surface area contributed by atoms with Crippen LogP contribution in [0.1, 0.15) is 36.1 Å². The van der Waals surface area contributed by atoms with E-state index in [4.69, 9.17) is 4.74 Å². The third-order valence-electron chi connectivity index (χ3n) is 5.58. The van der Waals surface area contributed by atoms with E-state index >= 15 is 0 Å². The van der Waals surface area contributed by atoms with Gasteiger partial charge >= 0.3 is 6.18 Å². The molecule has 4 rings (SSSR count). The maximum absolute atomic E-state index is 12.8. The van der Waals surface area contributed by atoms with Crippen LogP contribution in [0.5, 0.6) is 0 Å². The van der Waals surface area contributed by atoms with Gasteiger partial charge < -0.3 is 24.6 Å². The summed E-state index contributed by atoms with van der Waals surface area (Å²) in [5, 5.41) is 33.1. The van der Waals surface area contributed by atoms with Crippen LogP contribution in [0.3, 0.4) is 0 Å². The molecule has 160 valence electrons. The second-order valence-electron chi connectivity index (χ2n) is 7.60. The normalized spacial score (nSPS) is 28.2. The Morgan fingerprint density at radius 1 is 1.17 bits per heavy atom. The summed E-state index contributed by atoms with van der Waals surface area (Å²) in [4.78, 5) is 8.30. The molecule has 0 amide bonds. The molecule has 3 aromatic rings. The van der Waals surface area contributed by atoms with Gasteiger partial charge in [-0.2, -0.15) is 13.2 Å². The largest absolute Gasteiger partial charge is 0.416 e. The van der Waals surface area contributed by atoms with Gasteiger partial charge in [-0.05, 0) is 37.6 Å². The Morgan fingerprint density at radius 2 is 1.83 bits per heavy atom. The summed E-state index contributed by atoms with van der Waals surface area (Å²) in [7, 11) is 0. The Balaban J connectivity index is 1.65. The predicted octanol–water partition coefficient (Wildman–Crippen LogP) is 2.50. The lowest BCUT2D eigenvalue weighted by atomic mass is 9.88. The van der Waals surface area contributed by atoms with Crippen molar-refractivity contribution < 1.29 is 33.2 Å². The molecule has 0 radical (unpaired) electrons. The first-order chi connectivity index (χ1) is 14.0. The van der Waals surface area contributed by atoms with Gasteiger partial charge in [-0.1, -0.05) is 12.1 Å². The fourth-order valence-corrected chi connectivity index (χ4v) is 3.78. The van der Waals surface area contributed by atoms with Gasteiger partial charge in [0.2, 0.25) is 0 Å². The van der Waals surface area contributed by atoms with Gasteiger partial charge in [-0.15, -0.1) is 0 Å². The van der Waals surface area contributed by atoms with Gasteiger partial charge in [-0.3, -0.25) is 0 Å². The SMILES string of the molecule is Cc1ncnc2c1ccn2[C@@H]1O[C@H]([C@H](O)c2ccc(C(F)(F)F)cc2)[C@@](C)(O)[C@H]1O. The van der Waals surface area contributed by atoms with Crippen LogP contribution < -0.4 is 0 Å². The maximum atomic E-state index is 12.8. The zero-order valence-electron chi connectivity index (χ0n) is 16.1. The van der Waals surface area contributed by atoms with E-state index in [0.29, 0.717) is 5.65 Å². The summed E-state index contributed by atoms with van der Waals surface area (Å²) in [6.07, 6.45) is -6.78. The molecule has 0 spiro atoms. The number of aromatic nitrogens is 3. The Morgan fingerprint density at radius 3 is 2.47 bits per heavy atom. The van der Waals surface area contributed by atoms with Gasteiger partial charge in [0.25, 0.3) is 0 Å². The average Bonchev–Trinajstić information content (AvgIpc) is 3.21. The van der Waals surface area contributed by atoms with Crippen molar-refractivity contribution in [2.45, 2.75) is 50.2 Å². The number of nitrogens with zero attached hydrogens (tertiary/aromatic N) is 3. The van der Waals surface area contributed by atoms with E-state index in [1.807, 2.05) is 0 Å². The standard InChI is InChI=1S/C20H20F3N3O4/c1-10-13-7-8-26(17(13)25-9-24-10)18-15(28)19(2,29)16(30-18)14(27)11-3-5-12(6-4-11)20(21,22)23/h3-9,14-16,18,27-29H,1-2H3/t14-,15+,16-,18-,19+/m1/s1. The van der Waals surface area contributed by atoms with Crippen molar-refractivity contribution in [2.75, 3.05) is 0 Å². The molecular weight excluding hydrogens is 403 g/mol. The third kappa shape index (κ3) is 3.25. The molecule has 5 atom stereocenters. The van der Waals surface area contributed by atoms with Crippen LogP contribution in [0.25, 0.3) is 11.0 Å². The topological polar surface area (TPSA) is 101 Å². The molecule has 2 aromatic heterocycles. The van der Waals surface area contributed by atoms with E-state index in [1.165, 1.54) is 17.8 Å². The van der Waals surface area contributed by atoms with Crippen molar-refractivity contribution in [3.63, 3.8) is 0 Å². The molecular formula is C20H20F3N3O4. The molecule has 10 heteroatoms. The number of benzene rings is 1. The number of alkyl halides is 3. The first-order valence-electron chi connectivity index (χ1n) is 9.21. The lowest BCUT2D eigenvalue weighted by Gasteiger charge is -2.29. The van der Waals surface area contributed by atoms with Crippen LogP contribution >= 0.6 is 0 Å². The van der Waals surface area contributed by atoms with Gasteiger partial charge in [0.15, 0.2) is 6.23 Å². The molecule has 0 aliphatic carbocycles. The van der Waals surface area contributed by atoms with E-state index in [-0.39, 0.29) is 5.56 Å². The first kappa shape index (κ1) is 20.7. The zero-order chi connectivity index (χ0) is 21.8. The van der Waals surface area contributed by atoms with Crippen molar-refractivity contribution >= 4 is 11.0 Å². The zero-order valence-corrected chi connectivity index (χ0v) is 16.1. The highest BCUT2D eigenvalue weighted by atomic mass is 19.4. The van der Waals surface area contributed by atoms with Crippen molar-refractivity contribution in [1.29, 1.82) is 0 Å². The number of hydrogen-bond acceptors (Lipinski definition) is 6. The highest BCUT2D eigenvalue weighted by Gasteiger charge is 2.55. The number of aliphatic hydroxyl groups is 3. The molecule has 3 N–H and O–H groups in total. The minimum absolute atomic E-state index is 0.122. The van der Waals surface area contributed by atoms with E-state index in [0.717, 1.165) is 35.3 Å². The van der Waals surface area contributed by atoms with E-state index in [1.54, 1.807) is 19.2 Å².